The van der Waals surface area contributed by atoms with Crippen LogP contribution >= 0.6 is 0 Å². The summed E-state index contributed by atoms with van der Waals surface area (Å²) in [5.41, 5.74) is 0. The fraction of sp³-hybridized carbons (Fsp3) is 0.750. The molecule has 0 saturated carbocycles. The first-order chi connectivity index (χ1) is 10.8. The minimum atomic E-state index is -0.0125. The van der Waals surface area contributed by atoms with Crippen LogP contribution in [0, 0.1) is 0 Å². The molecule has 0 aromatic rings. The average molecular weight is 309 g/mol. The molecule has 0 atom stereocenters. The van der Waals surface area contributed by atoms with Crippen molar-refractivity contribution in [2.24, 2.45) is 0 Å². The molecule has 0 aromatic carbocycles. The number of esters is 1. The number of carbonyl (C=O) groups excluding carboxylic acids is 1. The lowest BCUT2D eigenvalue weighted by Crippen LogP contribution is -2.05. The van der Waals surface area contributed by atoms with Crippen molar-refractivity contribution in [1.82, 2.24) is 0 Å². The van der Waals surface area contributed by atoms with Gasteiger partial charge in [-0.2, -0.15) is 0 Å². The summed E-state index contributed by atoms with van der Waals surface area (Å²) in [6.07, 6.45) is 22.1. The number of carbonyl (C=O) groups is 1. The number of allylic oxidation sites excluding steroid dienone is 4. The van der Waals surface area contributed by atoms with E-state index >= 15 is 0 Å². The van der Waals surface area contributed by atoms with Gasteiger partial charge in [0.25, 0.3) is 0 Å². The van der Waals surface area contributed by atoms with Crippen LogP contribution in [0.5, 0.6) is 0 Å². The Hall–Kier alpha value is -1.05. The van der Waals surface area contributed by atoms with Gasteiger partial charge >= 0.3 is 5.97 Å². The number of hydrogen-bond donors (Lipinski definition) is 0. The van der Waals surface area contributed by atoms with Crippen LogP contribution in [0.1, 0.15) is 90.9 Å². The highest BCUT2D eigenvalue weighted by atomic mass is 16.5. The lowest BCUT2D eigenvalue weighted by atomic mass is 10.1. The van der Waals surface area contributed by atoms with Crippen molar-refractivity contribution >= 4 is 5.97 Å². The number of hydrogen-bond acceptors (Lipinski definition) is 2. The third-order valence-electron chi connectivity index (χ3n) is 3.75. The topological polar surface area (TPSA) is 26.3 Å². The third kappa shape index (κ3) is 17.0. The third-order valence-corrected chi connectivity index (χ3v) is 3.75. The fourth-order valence-corrected chi connectivity index (χ4v) is 2.37. The van der Waals surface area contributed by atoms with E-state index in [1.807, 2.05) is 0 Å². The molecule has 0 saturated heterocycles. The lowest BCUT2D eigenvalue weighted by molar-refractivity contribution is -0.143. The second kappa shape index (κ2) is 18.0. The molecule has 22 heavy (non-hydrogen) atoms. The Morgan fingerprint density at radius 2 is 1.23 bits per heavy atom. The highest BCUT2D eigenvalue weighted by Gasteiger charge is 2.02. The maximum atomic E-state index is 11.5. The molecule has 0 spiro atoms. The van der Waals surface area contributed by atoms with Crippen molar-refractivity contribution in [3.8, 4) is 0 Å². The standard InChI is InChI=1S/C20H36O2/c1-3-5-7-9-11-13-15-17-19-22-20(21)18-16-14-12-10-8-6-4-2/h3-6H,7-19H2,1-2H3. The highest BCUT2D eigenvalue weighted by Crippen LogP contribution is 2.08. The van der Waals surface area contributed by atoms with Crippen LogP contribution in [-0.4, -0.2) is 12.6 Å². The molecule has 0 radical (unpaired) electrons. The molecular weight excluding hydrogens is 272 g/mol. The molecule has 0 aliphatic heterocycles. The van der Waals surface area contributed by atoms with Crippen LogP contribution < -0.4 is 0 Å². The smallest absolute Gasteiger partial charge is 0.305 e. The summed E-state index contributed by atoms with van der Waals surface area (Å²) < 4.78 is 5.27. The summed E-state index contributed by atoms with van der Waals surface area (Å²) in [5, 5.41) is 0. The SMILES string of the molecule is CC=CCCCCCCCOC(=O)CCCCCCC=CC. The summed E-state index contributed by atoms with van der Waals surface area (Å²) in [5.74, 6) is -0.0125. The Bertz CT molecular complexity index is 292. The van der Waals surface area contributed by atoms with E-state index in [0.29, 0.717) is 13.0 Å². The van der Waals surface area contributed by atoms with E-state index in [9.17, 15) is 4.79 Å². The first kappa shape index (κ1) is 20.9. The summed E-state index contributed by atoms with van der Waals surface area (Å²) in [7, 11) is 0. The summed E-state index contributed by atoms with van der Waals surface area (Å²) in [4.78, 5) is 11.5. The molecule has 0 fully saturated rings. The van der Waals surface area contributed by atoms with Gasteiger partial charge in [-0.05, 0) is 52.4 Å². The molecule has 0 heterocycles. The molecule has 2 nitrogen and oxygen atoms in total. The van der Waals surface area contributed by atoms with Crippen LogP contribution in [0.3, 0.4) is 0 Å². The first-order valence-electron chi connectivity index (χ1n) is 9.19. The second-order valence-electron chi connectivity index (χ2n) is 5.87. The van der Waals surface area contributed by atoms with E-state index in [0.717, 1.165) is 25.7 Å². The van der Waals surface area contributed by atoms with Crippen molar-refractivity contribution in [2.75, 3.05) is 6.61 Å². The maximum Gasteiger partial charge on any atom is 0.305 e. The highest BCUT2D eigenvalue weighted by molar-refractivity contribution is 5.69. The molecule has 0 rings (SSSR count). The molecule has 0 bridgehead atoms. The fourth-order valence-electron chi connectivity index (χ4n) is 2.37. The Labute approximate surface area is 138 Å². The Morgan fingerprint density at radius 1 is 0.727 bits per heavy atom. The number of rotatable bonds is 15. The molecule has 2 heteroatoms. The van der Waals surface area contributed by atoms with E-state index in [-0.39, 0.29) is 5.97 Å². The van der Waals surface area contributed by atoms with Gasteiger partial charge < -0.3 is 4.74 Å². The van der Waals surface area contributed by atoms with Crippen molar-refractivity contribution in [1.29, 1.82) is 0 Å². The van der Waals surface area contributed by atoms with E-state index in [4.69, 9.17) is 4.74 Å². The quantitative estimate of drug-likeness (QED) is 0.200. The summed E-state index contributed by atoms with van der Waals surface area (Å²) in [6, 6.07) is 0. The van der Waals surface area contributed by atoms with Crippen LogP contribution in [0.4, 0.5) is 0 Å². The van der Waals surface area contributed by atoms with Gasteiger partial charge in [-0.3, -0.25) is 4.79 Å². The van der Waals surface area contributed by atoms with Crippen LogP contribution in [0.15, 0.2) is 24.3 Å². The van der Waals surface area contributed by atoms with Crippen LogP contribution in [0.2, 0.25) is 0 Å². The van der Waals surface area contributed by atoms with Crippen LogP contribution in [0.25, 0.3) is 0 Å². The minimum absolute atomic E-state index is 0.0125. The van der Waals surface area contributed by atoms with Gasteiger partial charge in [-0.1, -0.05) is 56.4 Å². The molecular formula is C20H36O2. The monoisotopic (exact) mass is 308 g/mol. The summed E-state index contributed by atoms with van der Waals surface area (Å²) >= 11 is 0. The van der Waals surface area contributed by atoms with Crippen molar-refractivity contribution in [3.05, 3.63) is 24.3 Å². The summed E-state index contributed by atoms with van der Waals surface area (Å²) in [6.45, 7) is 4.73. The zero-order valence-corrected chi connectivity index (χ0v) is 14.8. The van der Waals surface area contributed by atoms with Gasteiger partial charge in [-0.25, -0.2) is 0 Å². The minimum Gasteiger partial charge on any atom is -0.466 e. The average Bonchev–Trinajstić information content (AvgIpc) is 2.52. The Morgan fingerprint density at radius 3 is 1.82 bits per heavy atom. The maximum absolute atomic E-state index is 11.5. The molecule has 0 aliphatic rings. The van der Waals surface area contributed by atoms with E-state index < -0.39 is 0 Å². The van der Waals surface area contributed by atoms with Gasteiger partial charge in [0.2, 0.25) is 0 Å². The molecule has 0 amide bonds. The number of ether oxygens (including phenoxy) is 1. The molecule has 0 aliphatic carbocycles. The van der Waals surface area contributed by atoms with E-state index in [2.05, 4.69) is 38.2 Å². The van der Waals surface area contributed by atoms with Gasteiger partial charge in [0.15, 0.2) is 0 Å². The Kier molecular flexibility index (Phi) is 17.1. The van der Waals surface area contributed by atoms with Crippen molar-refractivity contribution in [3.63, 3.8) is 0 Å². The second-order valence-corrected chi connectivity index (χ2v) is 5.87. The van der Waals surface area contributed by atoms with Gasteiger partial charge in [0.1, 0.15) is 0 Å². The van der Waals surface area contributed by atoms with Crippen molar-refractivity contribution < 1.29 is 9.53 Å². The molecule has 128 valence electrons. The normalized spacial score (nSPS) is 11.5. The molecule has 0 aromatic heterocycles. The predicted octanol–water partition coefficient (Wildman–Crippen LogP) is 6.36. The van der Waals surface area contributed by atoms with Gasteiger partial charge in [0, 0.05) is 6.42 Å². The van der Waals surface area contributed by atoms with E-state index in [1.54, 1.807) is 0 Å². The number of unbranched alkanes of at least 4 members (excludes halogenated alkanes) is 9. The first-order valence-corrected chi connectivity index (χ1v) is 9.19. The molecule has 0 unspecified atom stereocenters. The van der Waals surface area contributed by atoms with Gasteiger partial charge in [-0.15, -0.1) is 0 Å². The Balaban J connectivity index is 3.19. The zero-order valence-electron chi connectivity index (χ0n) is 14.8. The van der Waals surface area contributed by atoms with E-state index in [1.165, 1.54) is 44.9 Å². The molecule has 0 N–H and O–H groups in total. The lowest BCUT2D eigenvalue weighted by Gasteiger charge is -2.05. The van der Waals surface area contributed by atoms with Crippen molar-refractivity contribution in [2.45, 2.75) is 90.9 Å². The predicted molar refractivity (Wildman–Crippen MR) is 96.0 cm³/mol. The van der Waals surface area contributed by atoms with Crippen LogP contribution in [-0.2, 0) is 9.53 Å². The van der Waals surface area contributed by atoms with Gasteiger partial charge in [0.05, 0.1) is 6.61 Å². The zero-order chi connectivity index (χ0) is 16.3. The largest absolute Gasteiger partial charge is 0.466 e.